The second-order valence-electron chi connectivity index (χ2n) is 4.45. The van der Waals surface area contributed by atoms with Crippen LogP contribution in [0.2, 0.25) is 0 Å². The van der Waals surface area contributed by atoms with Crippen molar-refractivity contribution >= 4 is 23.5 Å². The molecule has 1 heterocycles. The van der Waals surface area contributed by atoms with Gasteiger partial charge in [-0.1, -0.05) is 37.2 Å². The first-order valence-electron chi connectivity index (χ1n) is 6.65. The summed E-state index contributed by atoms with van der Waals surface area (Å²) in [5, 5.41) is 7.41. The molecule has 0 aliphatic heterocycles. The maximum absolute atomic E-state index is 11.7. The van der Waals surface area contributed by atoms with E-state index >= 15 is 0 Å². The molecule has 0 aliphatic rings. The maximum atomic E-state index is 11.7. The van der Waals surface area contributed by atoms with Crippen molar-refractivity contribution < 1.29 is 0 Å². The number of rotatable bonds is 7. The van der Waals surface area contributed by atoms with Gasteiger partial charge in [0.15, 0.2) is 5.16 Å². The molecule has 0 spiro atoms. The van der Waals surface area contributed by atoms with Crippen LogP contribution in [0.3, 0.4) is 0 Å². The fraction of sp³-hybridized carbons (Fsp3) is 0.429. The van der Waals surface area contributed by atoms with Gasteiger partial charge in [-0.25, -0.2) is 9.89 Å². The van der Waals surface area contributed by atoms with Crippen molar-refractivity contribution in [2.45, 2.75) is 42.1 Å². The van der Waals surface area contributed by atoms with E-state index in [1.54, 1.807) is 28.1 Å². The summed E-state index contributed by atoms with van der Waals surface area (Å²) in [4.78, 5) is 12.9. The summed E-state index contributed by atoms with van der Waals surface area (Å²) >= 11 is 3.34. The number of thioether (sulfide) groups is 2. The average Bonchev–Trinajstić information content (AvgIpc) is 2.84. The topological polar surface area (TPSA) is 50.7 Å². The van der Waals surface area contributed by atoms with Crippen LogP contribution in [-0.2, 0) is 12.3 Å². The zero-order valence-electron chi connectivity index (χ0n) is 11.8. The molecule has 4 nitrogen and oxygen atoms in total. The molecule has 2 aromatic rings. The Labute approximate surface area is 127 Å². The molecule has 0 fully saturated rings. The summed E-state index contributed by atoms with van der Waals surface area (Å²) in [5.41, 5.74) is 1.13. The van der Waals surface area contributed by atoms with Crippen LogP contribution in [0.15, 0.2) is 39.1 Å². The quantitative estimate of drug-likeness (QED) is 0.797. The summed E-state index contributed by atoms with van der Waals surface area (Å²) in [6.45, 7) is 2.85. The maximum Gasteiger partial charge on any atom is 0.343 e. The Bertz CT molecular complexity index is 589. The second-order valence-corrected chi connectivity index (χ2v) is 6.28. The zero-order chi connectivity index (χ0) is 14.4. The molecule has 20 heavy (non-hydrogen) atoms. The number of H-pyrrole nitrogens is 1. The Balaban J connectivity index is 2.01. The van der Waals surface area contributed by atoms with Gasteiger partial charge in [-0.3, -0.25) is 4.57 Å². The molecule has 1 aromatic carbocycles. The molecule has 1 N–H and O–H groups in total. The minimum Gasteiger partial charge on any atom is -0.270 e. The molecule has 0 aliphatic carbocycles. The fourth-order valence-electron chi connectivity index (χ4n) is 1.80. The highest BCUT2D eigenvalue weighted by Crippen LogP contribution is 2.22. The lowest BCUT2D eigenvalue weighted by atomic mass is 10.2. The number of hydrogen-bond acceptors (Lipinski definition) is 4. The van der Waals surface area contributed by atoms with E-state index in [2.05, 4.69) is 47.6 Å². The van der Waals surface area contributed by atoms with Crippen LogP contribution in [0.4, 0.5) is 0 Å². The molecule has 0 unspecified atom stereocenters. The molecule has 0 saturated heterocycles. The minimum absolute atomic E-state index is 0.112. The third-order valence-corrected chi connectivity index (χ3v) is 4.78. The summed E-state index contributed by atoms with van der Waals surface area (Å²) in [6.07, 6.45) is 4.13. The van der Waals surface area contributed by atoms with Gasteiger partial charge >= 0.3 is 5.69 Å². The molecule has 0 radical (unpaired) electrons. The minimum atomic E-state index is -0.112. The van der Waals surface area contributed by atoms with E-state index in [1.807, 2.05) is 0 Å². The van der Waals surface area contributed by atoms with Crippen LogP contribution < -0.4 is 5.69 Å². The van der Waals surface area contributed by atoms with Gasteiger partial charge in [0.05, 0.1) is 0 Å². The van der Waals surface area contributed by atoms with E-state index in [0.29, 0.717) is 0 Å². The average molecular weight is 309 g/mol. The Morgan fingerprint density at radius 2 is 2.05 bits per heavy atom. The van der Waals surface area contributed by atoms with Gasteiger partial charge < -0.3 is 0 Å². The van der Waals surface area contributed by atoms with Gasteiger partial charge in [0.1, 0.15) is 0 Å². The van der Waals surface area contributed by atoms with Crippen molar-refractivity contribution in [2.24, 2.45) is 0 Å². The van der Waals surface area contributed by atoms with E-state index in [0.717, 1.165) is 30.3 Å². The van der Waals surface area contributed by atoms with Crippen LogP contribution in [0.1, 0.15) is 25.3 Å². The normalized spacial score (nSPS) is 10.9. The van der Waals surface area contributed by atoms with Gasteiger partial charge in [0, 0.05) is 17.2 Å². The lowest BCUT2D eigenvalue weighted by Crippen LogP contribution is -2.17. The zero-order valence-corrected chi connectivity index (χ0v) is 13.4. The van der Waals surface area contributed by atoms with Gasteiger partial charge in [-0.2, -0.15) is 0 Å². The standard InChI is InChI=1S/C14H19N3OS2/c1-3-4-9-17-13(18)15-16-14(17)20-10-11-5-7-12(19-2)8-6-11/h5-8H,3-4,9-10H2,1-2H3,(H,15,18). The van der Waals surface area contributed by atoms with Crippen LogP contribution in [0, 0.1) is 0 Å². The monoisotopic (exact) mass is 309 g/mol. The Hall–Kier alpha value is -1.14. The third-order valence-electron chi connectivity index (χ3n) is 2.99. The number of unbranched alkanes of at least 4 members (excludes halogenated alkanes) is 1. The molecule has 0 saturated carbocycles. The van der Waals surface area contributed by atoms with Crippen molar-refractivity contribution in [2.75, 3.05) is 6.26 Å². The molecular weight excluding hydrogens is 290 g/mol. The first-order valence-corrected chi connectivity index (χ1v) is 8.86. The molecule has 1 aromatic heterocycles. The summed E-state index contributed by atoms with van der Waals surface area (Å²) in [5.74, 6) is 0.824. The van der Waals surface area contributed by atoms with E-state index in [-0.39, 0.29) is 5.69 Å². The molecule has 2 rings (SSSR count). The molecular formula is C14H19N3OS2. The van der Waals surface area contributed by atoms with E-state index in [1.165, 1.54) is 10.5 Å². The van der Waals surface area contributed by atoms with Crippen molar-refractivity contribution in [1.82, 2.24) is 14.8 Å². The third kappa shape index (κ3) is 3.93. The number of hydrogen-bond donors (Lipinski definition) is 1. The highest BCUT2D eigenvalue weighted by Gasteiger charge is 2.08. The van der Waals surface area contributed by atoms with Gasteiger partial charge in [0.2, 0.25) is 0 Å². The number of aromatic amines is 1. The molecule has 6 heteroatoms. The number of benzene rings is 1. The van der Waals surface area contributed by atoms with E-state index in [9.17, 15) is 4.79 Å². The summed E-state index contributed by atoms with van der Waals surface area (Å²) in [7, 11) is 0. The van der Waals surface area contributed by atoms with Crippen LogP contribution >= 0.6 is 23.5 Å². The van der Waals surface area contributed by atoms with E-state index < -0.39 is 0 Å². The highest BCUT2D eigenvalue weighted by molar-refractivity contribution is 7.98. The smallest absolute Gasteiger partial charge is 0.270 e. The largest absolute Gasteiger partial charge is 0.343 e. The lowest BCUT2D eigenvalue weighted by molar-refractivity contribution is 0.573. The van der Waals surface area contributed by atoms with Gasteiger partial charge in [-0.05, 0) is 30.4 Å². The Kier molecular flexibility index (Phi) is 5.79. The predicted molar refractivity (Wildman–Crippen MR) is 85.5 cm³/mol. The van der Waals surface area contributed by atoms with Crippen molar-refractivity contribution in [1.29, 1.82) is 0 Å². The number of nitrogens with zero attached hydrogens (tertiary/aromatic N) is 2. The van der Waals surface area contributed by atoms with Gasteiger partial charge in [0.25, 0.3) is 0 Å². The van der Waals surface area contributed by atoms with Gasteiger partial charge in [-0.15, -0.1) is 16.9 Å². The van der Waals surface area contributed by atoms with Crippen LogP contribution in [0.5, 0.6) is 0 Å². The van der Waals surface area contributed by atoms with Crippen molar-refractivity contribution in [3.63, 3.8) is 0 Å². The summed E-state index contributed by atoms with van der Waals surface area (Å²) < 4.78 is 1.73. The first kappa shape index (κ1) is 15.3. The fourth-order valence-corrected chi connectivity index (χ4v) is 3.13. The van der Waals surface area contributed by atoms with Crippen LogP contribution in [0.25, 0.3) is 0 Å². The molecule has 108 valence electrons. The molecule has 0 bridgehead atoms. The number of nitrogens with one attached hydrogen (secondary N) is 1. The lowest BCUT2D eigenvalue weighted by Gasteiger charge is -2.05. The Morgan fingerprint density at radius 3 is 2.70 bits per heavy atom. The number of aromatic nitrogens is 3. The predicted octanol–water partition coefficient (Wildman–Crippen LogP) is 3.39. The second kappa shape index (κ2) is 7.59. The van der Waals surface area contributed by atoms with Crippen molar-refractivity contribution in [3.05, 3.63) is 40.3 Å². The van der Waals surface area contributed by atoms with Crippen molar-refractivity contribution in [3.8, 4) is 0 Å². The first-order chi connectivity index (χ1) is 9.74. The highest BCUT2D eigenvalue weighted by atomic mass is 32.2. The molecule has 0 atom stereocenters. The molecule has 0 amide bonds. The van der Waals surface area contributed by atoms with Crippen LogP contribution in [-0.4, -0.2) is 21.0 Å². The Morgan fingerprint density at radius 1 is 1.30 bits per heavy atom. The SMILES string of the molecule is CCCCn1c(SCc2ccc(SC)cc2)n[nH]c1=O. The summed E-state index contributed by atoms with van der Waals surface area (Å²) in [6, 6.07) is 8.49. The van der Waals surface area contributed by atoms with E-state index in [4.69, 9.17) is 0 Å².